The van der Waals surface area contributed by atoms with E-state index in [1.807, 2.05) is 54.6 Å². The number of hydrogen-bond donors (Lipinski definition) is 1. The lowest BCUT2D eigenvalue weighted by Crippen LogP contribution is -2.13. The number of benzene rings is 3. The fourth-order valence-electron chi connectivity index (χ4n) is 3.08. The van der Waals surface area contributed by atoms with Crippen LogP contribution in [0.5, 0.6) is 11.5 Å². The maximum atomic E-state index is 12.6. The summed E-state index contributed by atoms with van der Waals surface area (Å²) in [5.41, 5.74) is 3.37. The van der Waals surface area contributed by atoms with E-state index in [0.29, 0.717) is 34.4 Å². The third-order valence-corrected chi connectivity index (χ3v) is 5.86. The van der Waals surface area contributed by atoms with Crippen LogP contribution in [0.2, 0.25) is 5.02 Å². The Morgan fingerprint density at radius 2 is 1.91 bits per heavy atom. The zero-order valence-corrected chi connectivity index (χ0v) is 21.1. The van der Waals surface area contributed by atoms with Crippen LogP contribution in [0, 0.1) is 14.9 Å². The van der Waals surface area contributed by atoms with Crippen molar-refractivity contribution in [2.45, 2.75) is 20.0 Å². The van der Waals surface area contributed by atoms with Gasteiger partial charge >= 0.3 is 0 Å². The van der Waals surface area contributed by atoms with Gasteiger partial charge in [0.25, 0.3) is 5.91 Å². The van der Waals surface area contributed by atoms with Gasteiger partial charge in [0.2, 0.25) is 0 Å². The number of ether oxygens (including phenoxy) is 2. The number of carbonyl (C=O) groups is 1. The molecule has 1 amide bonds. The molecule has 0 fully saturated rings. The predicted octanol–water partition coefficient (Wildman–Crippen LogP) is 6.64. The molecule has 0 unspecified atom stereocenters. The first-order chi connectivity index (χ1) is 15.9. The lowest BCUT2D eigenvalue weighted by atomic mass is 10.1. The van der Waals surface area contributed by atoms with Crippen molar-refractivity contribution in [1.29, 1.82) is 5.26 Å². The van der Waals surface area contributed by atoms with Gasteiger partial charge in [0.1, 0.15) is 18.2 Å². The van der Waals surface area contributed by atoms with Gasteiger partial charge in [-0.2, -0.15) is 5.26 Å². The average Bonchev–Trinajstić information content (AvgIpc) is 2.82. The Labute approximate surface area is 212 Å². The van der Waals surface area contributed by atoms with E-state index in [9.17, 15) is 10.1 Å². The molecular weight excluding hydrogens is 551 g/mol. The molecule has 0 saturated heterocycles. The Bertz CT molecular complexity index is 1220. The van der Waals surface area contributed by atoms with Crippen LogP contribution < -0.4 is 14.8 Å². The molecule has 3 aromatic rings. The first-order valence-corrected chi connectivity index (χ1v) is 11.7. The number of amides is 1. The molecule has 0 radical (unpaired) electrons. The van der Waals surface area contributed by atoms with Crippen LogP contribution in [0.25, 0.3) is 6.08 Å². The molecular formula is C26H22ClIN2O3. The van der Waals surface area contributed by atoms with Crippen molar-refractivity contribution in [3.05, 3.63) is 91.5 Å². The summed E-state index contributed by atoms with van der Waals surface area (Å²) in [6, 6.07) is 20.5. The minimum absolute atomic E-state index is 0.0139. The van der Waals surface area contributed by atoms with Gasteiger partial charge in [0.05, 0.1) is 10.7 Å². The highest BCUT2D eigenvalue weighted by atomic mass is 127. The summed E-state index contributed by atoms with van der Waals surface area (Å²) in [5, 5.41) is 13.0. The standard InChI is InChI=1S/C26H22ClIN2O3/c1-3-17-7-9-22(10-8-17)30-26(31)20(15-29)11-19-13-23(28)25(24(14-19)32-2)33-16-18-5-4-6-21(27)12-18/h4-14H,3,16H2,1-2H3,(H,30,31)/b20-11+. The van der Waals surface area contributed by atoms with Crippen LogP contribution >= 0.6 is 34.2 Å². The van der Waals surface area contributed by atoms with Gasteiger partial charge in [-0.1, -0.05) is 42.8 Å². The number of methoxy groups -OCH3 is 1. The Balaban J connectivity index is 1.79. The zero-order valence-electron chi connectivity index (χ0n) is 18.2. The molecule has 0 saturated carbocycles. The summed E-state index contributed by atoms with van der Waals surface area (Å²) in [6.07, 6.45) is 2.44. The van der Waals surface area contributed by atoms with Crippen LogP contribution in [0.1, 0.15) is 23.6 Å². The highest BCUT2D eigenvalue weighted by Gasteiger charge is 2.14. The van der Waals surface area contributed by atoms with Crippen molar-refractivity contribution >= 4 is 51.9 Å². The molecule has 0 atom stereocenters. The van der Waals surface area contributed by atoms with Gasteiger partial charge < -0.3 is 14.8 Å². The van der Waals surface area contributed by atoms with Gasteiger partial charge in [-0.05, 0) is 88.2 Å². The monoisotopic (exact) mass is 572 g/mol. The van der Waals surface area contributed by atoms with Crippen molar-refractivity contribution < 1.29 is 14.3 Å². The van der Waals surface area contributed by atoms with E-state index in [-0.39, 0.29) is 5.57 Å². The second-order valence-electron chi connectivity index (χ2n) is 7.13. The van der Waals surface area contributed by atoms with E-state index in [4.69, 9.17) is 21.1 Å². The fraction of sp³-hybridized carbons (Fsp3) is 0.154. The number of rotatable bonds is 8. The molecule has 0 aliphatic rings. The van der Waals surface area contributed by atoms with Gasteiger partial charge in [-0.15, -0.1) is 0 Å². The lowest BCUT2D eigenvalue weighted by molar-refractivity contribution is -0.112. The van der Waals surface area contributed by atoms with Crippen molar-refractivity contribution in [2.24, 2.45) is 0 Å². The predicted molar refractivity (Wildman–Crippen MR) is 140 cm³/mol. The van der Waals surface area contributed by atoms with Gasteiger partial charge in [0.15, 0.2) is 11.5 Å². The molecule has 0 aliphatic carbocycles. The van der Waals surface area contributed by atoms with Crippen LogP contribution in [-0.4, -0.2) is 13.0 Å². The number of carbonyl (C=O) groups excluding carboxylic acids is 1. The normalized spacial score (nSPS) is 10.9. The van der Waals surface area contributed by atoms with E-state index in [1.165, 1.54) is 11.6 Å². The maximum absolute atomic E-state index is 12.6. The maximum Gasteiger partial charge on any atom is 0.266 e. The third-order valence-electron chi connectivity index (χ3n) is 4.82. The van der Waals surface area contributed by atoms with Crippen molar-refractivity contribution in [2.75, 3.05) is 12.4 Å². The number of anilines is 1. The van der Waals surface area contributed by atoms with Crippen molar-refractivity contribution in [1.82, 2.24) is 0 Å². The van der Waals surface area contributed by atoms with Gasteiger partial charge in [-0.3, -0.25) is 4.79 Å². The summed E-state index contributed by atoms with van der Waals surface area (Å²) in [6.45, 7) is 2.39. The minimum atomic E-state index is -0.475. The average molecular weight is 573 g/mol. The fourth-order valence-corrected chi connectivity index (χ4v) is 4.08. The SMILES string of the molecule is CCc1ccc(NC(=O)/C(C#N)=C/c2cc(I)c(OCc3cccc(Cl)c3)c(OC)c2)cc1. The van der Waals surface area contributed by atoms with E-state index in [2.05, 4.69) is 34.8 Å². The first kappa shape index (κ1) is 24.6. The molecule has 0 aliphatic heterocycles. The smallest absolute Gasteiger partial charge is 0.266 e. The van der Waals surface area contributed by atoms with E-state index >= 15 is 0 Å². The van der Waals surface area contributed by atoms with E-state index in [0.717, 1.165) is 15.6 Å². The number of halogens is 2. The second-order valence-corrected chi connectivity index (χ2v) is 8.73. The second kappa shape index (κ2) is 11.7. The van der Waals surface area contributed by atoms with Crippen molar-refractivity contribution in [3.63, 3.8) is 0 Å². The number of hydrogen-bond acceptors (Lipinski definition) is 4. The first-order valence-electron chi connectivity index (χ1n) is 10.2. The molecule has 0 spiro atoms. The Morgan fingerprint density at radius 1 is 1.15 bits per heavy atom. The largest absolute Gasteiger partial charge is 0.493 e. The van der Waals surface area contributed by atoms with Crippen LogP contribution in [0.15, 0.2) is 66.2 Å². The van der Waals surface area contributed by atoms with Crippen molar-refractivity contribution in [3.8, 4) is 17.6 Å². The number of aryl methyl sites for hydroxylation is 1. The summed E-state index contributed by atoms with van der Waals surface area (Å²) in [5.74, 6) is 0.606. The third kappa shape index (κ3) is 6.73. The summed E-state index contributed by atoms with van der Waals surface area (Å²) >= 11 is 8.18. The molecule has 0 aromatic heterocycles. The topological polar surface area (TPSA) is 71.4 Å². The molecule has 168 valence electrons. The Kier molecular flexibility index (Phi) is 8.75. The number of nitrogens with zero attached hydrogens (tertiary/aromatic N) is 1. The van der Waals surface area contributed by atoms with Crippen LogP contribution in [0.3, 0.4) is 0 Å². The van der Waals surface area contributed by atoms with Crippen LogP contribution in [0.4, 0.5) is 5.69 Å². The van der Waals surface area contributed by atoms with E-state index < -0.39 is 5.91 Å². The highest BCUT2D eigenvalue weighted by Crippen LogP contribution is 2.35. The summed E-state index contributed by atoms with van der Waals surface area (Å²) in [7, 11) is 1.54. The molecule has 33 heavy (non-hydrogen) atoms. The molecule has 0 bridgehead atoms. The molecule has 3 rings (SSSR count). The summed E-state index contributed by atoms with van der Waals surface area (Å²) in [4.78, 5) is 12.6. The highest BCUT2D eigenvalue weighted by molar-refractivity contribution is 14.1. The molecule has 5 nitrogen and oxygen atoms in total. The molecule has 3 aromatic carbocycles. The van der Waals surface area contributed by atoms with Gasteiger partial charge in [0, 0.05) is 10.7 Å². The summed E-state index contributed by atoms with van der Waals surface area (Å²) < 4.78 is 12.3. The number of nitrogens with one attached hydrogen (secondary N) is 1. The molecule has 1 N–H and O–H groups in total. The zero-order chi connectivity index (χ0) is 23.8. The Hall–Kier alpha value is -3.02. The number of nitriles is 1. The minimum Gasteiger partial charge on any atom is -0.493 e. The van der Waals surface area contributed by atoms with Crippen LogP contribution in [-0.2, 0) is 17.8 Å². The Morgan fingerprint density at radius 3 is 2.55 bits per heavy atom. The molecule has 0 heterocycles. The van der Waals surface area contributed by atoms with Gasteiger partial charge in [-0.25, -0.2) is 0 Å². The quantitative estimate of drug-likeness (QED) is 0.187. The van der Waals surface area contributed by atoms with E-state index in [1.54, 1.807) is 19.2 Å². The lowest BCUT2D eigenvalue weighted by Gasteiger charge is -2.14. The molecule has 7 heteroatoms.